The van der Waals surface area contributed by atoms with Crippen molar-refractivity contribution in [3.05, 3.63) is 65.4 Å². The lowest BCUT2D eigenvalue weighted by Crippen LogP contribution is -2.05. The lowest BCUT2D eigenvalue weighted by Gasteiger charge is -2.12. The lowest BCUT2D eigenvalue weighted by atomic mass is 10.0. The molecule has 0 saturated carbocycles. The number of hydrogen-bond acceptors (Lipinski definition) is 4. The summed E-state index contributed by atoms with van der Waals surface area (Å²) in [5.74, 6) is 0.492. The third-order valence-corrected chi connectivity index (χ3v) is 4.64. The molecule has 0 aliphatic carbocycles. The van der Waals surface area contributed by atoms with Gasteiger partial charge in [0.05, 0.1) is 23.9 Å². The van der Waals surface area contributed by atoms with Crippen molar-refractivity contribution in [3.8, 4) is 17.0 Å². The van der Waals surface area contributed by atoms with Crippen molar-refractivity contribution in [3.63, 3.8) is 0 Å². The maximum absolute atomic E-state index is 13.0. The first kappa shape index (κ1) is 21.4. The van der Waals surface area contributed by atoms with Crippen molar-refractivity contribution in [2.75, 3.05) is 12.4 Å². The second-order valence-electron chi connectivity index (χ2n) is 6.78. The number of aromatic amines is 1. The zero-order valence-electron chi connectivity index (χ0n) is 16.6. The van der Waals surface area contributed by atoms with Gasteiger partial charge in [-0.15, -0.1) is 0 Å². The highest BCUT2D eigenvalue weighted by Crippen LogP contribution is 2.33. The number of carbonyl (C=O) groups excluding carboxylic acids is 1. The van der Waals surface area contributed by atoms with Crippen LogP contribution in [0, 0.1) is 0 Å². The summed E-state index contributed by atoms with van der Waals surface area (Å²) in [7, 11) is 1.50. The monoisotopic (exact) mass is 417 g/mol. The molecule has 158 valence electrons. The molecule has 0 aliphatic heterocycles. The van der Waals surface area contributed by atoms with Gasteiger partial charge in [0, 0.05) is 42.0 Å². The summed E-state index contributed by atoms with van der Waals surface area (Å²) in [4.78, 5) is 12.2. The number of nitrogens with zero attached hydrogens (tertiary/aromatic N) is 1. The van der Waals surface area contributed by atoms with E-state index in [9.17, 15) is 18.0 Å². The van der Waals surface area contributed by atoms with Crippen LogP contribution in [0.5, 0.6) is 5.75 Å². The number of halogens is 3. The Bertz CT molecular complexity index is 1030. The van der Waals surface area contributed by atoms with Gasteiger partial charge >= 0.3 is 6.18 Å². The molecule has 8 heteroatoms. The molecule has 2 aromatic carbocycles. The van der Waals surface area contributed by atoms with E-state index in [0.717, 1.165) is 24.2 Å². The highest BCUT2D eigenvalue weighted by atomic mass is 19.4. The summed E-state index contributed by atoms with van der Waals surface area (Å²) in [5.41, 5.74) is 2.05. The van der Waals surface area contributed by atoms with E-state index in [1.165, 1.54) is 13.2 Å². The van der Waals surface area contributed by atoms with Crippen LogP contribution in [0.4, 0.5) is 18.9 Å². The van der Waals surface area contributed by atoms with Crippen molar-refractivity contribution in [1.82, 2.24) is 10.2 Å². The Morgan fingerprint density at radius 3 is 2.70 bits per heavy atom. The predicted octanol–water partition coefficient (Wildman–Crippen LogP) is 5.70. The number of Topliss-reactive ketones (excluding diaryl/α,β-unsaturated/α-hetero) is 1. The number of benzene rings is 2. The van der Waals surface area contributed by atoms with Gasteiger partial charge in [-0.3, -0.25) is 9.89 Å². The molecule has 0 saturated heterocycles. The van der Waals surface area contributed by atoms with Crippen molar-refractivity contribution in [2.45, 2.75) is 32.5 Å². The van der Waals surface area contributed by atoms with Crippen LogP contribution >= 0.6 is 0 Å². The van der Waals surface area contributed by atoms with Gasteiger partial charge in [-0.2, -0.15) is 18.3 Å². The van der Waals surface area contributed by atoms with E-state index in [0.29, 0.717) is 41.1 Å². The molecule has 0 aliphatic rings. The average Bonchev–Trinajstić information content (AvgIpc) is 3.20. The van der Waals surface area contributed by atoms with Gasteiger partial charge < -0.3 is 10.1 Å². The average molecular weight is 417 g/mol. The van der Waals surface area contributed by atoms with Gasteiger partial charge in [0.2, 0.25) is 0 Å². The minimum atomic E-state index is -4.42. The molecule has 1 aromatic heterocycles. The molecular formula is C22H22F3N3O2. The topological polar surface area (TPSA) is 67.0 Å². The molecule has 30 heavy (non-hydrogen) atoms. The number of methoxy groups -OCH3 is 1. The number of aromatic nitrogens is 2. The zero-order valence-corrected chi connectivity index (χ0v) is 16.6. The fourth-order valence-electron chi connectivity index (χ4n) is 3.13. The normalized spacial score (nSPS) is 11.4. The number of ketones is 1. The maximum Gasteiger partial charge on any atom is 0.416 e. The van der Waals surface area contributed by atoms with Crippen LogP contribution in [0.3, 0.4) is 0 Å². The van der Waals surface area contributed by atoms with Gasteiger partial charge in [0.25, 0.3) is 0 Å². The maximum atomic E-state index is 13.0. The van der Waals surface area contributed by atoms with Crippen molar-refractivity contribution in [1.29, 1.82) is 0 Å². The Morgan fingerprint density at radius 2 is 2.00 bits per heavy atom. The second-order valence-corrected chi connectivity index (χ2v) is 6.78. The van der Waals surface area contributed by atoms with Crippen LogP contribution < -0.4 is 10.1 Å². The quantitative estimate of drug-likeness (QED) is 0.462. The van der Waals surface area contributed by atoms with E-state index in [-0.39, 0.29) is 5.78 Å². The Balaban J connectivity index is 1.79. The molecule has 3 aromatic rings. The molecule has 0 radical (unpaired) electrons. The Labute approximate surface area is 172 Å². The third-order valence-electron chi connectivity index (χ3n) is 4.64. The van der Waals surface area contributed by atoms with Crippen molar-refractivity contribution >= 4 is 11.5 Å². The summed E-state index contributed by atoms with van der Waals surface area (Å²) < 4.78 is 44.4. The van der Waals surface area contributed by atoms with Crippen LogP contribution in [0.15, 0.2) is 48.7 Å². The molecule has 0 unspecified atom stereocenters. The Kier molecular flexibility index (Phi) is 6.44. The van der Waals surface area contributed by atoms with Crippen LogP contribution in [0.1, 0.15) is 41.3 Å². The van der Waals surface area contributed by atoms with Crippen molar-refractivity contribution < 1.29 is 22.7 Å². The van der Waals surface area contributed by atoms with E-state index in [2.05, 4.69) is 15.5 Å². The summed E-state index contributed by atoms with van der Waals surface area (Å²) in [6, 6.07) is 10.3. The molecule has 3 rings (SSSR count). The molecular weight excluding hydrogens is 395 g/mol. The van der Waals surface area contributed by atoms with E-state index >= 15 is 0 Å². The first-order chi connectivity index (χ1) is 14.3. The van der Waals surface area contributed by atoms with Crippen LogP contribution in [0.2, 0.25) is 0 Å². The molecule has 2 N–H and O–H groups in total. The molecule has 1 heterocycles. The molecule has 0 amide bonds. The molecule has 5 nitrogen and oxygen atoms in total. The summed E-state index contributed by atoms with van der Waals surface area (Å²) in [5, 5.41) is 10.0. The van der Waals surface area contributed by atoms with Crippen molar-refractivity contribution in [2.24, 2.45) is 0 Å². The van der Waals surface area contributed by atoms with Gasteiger partial charge in [0.15, 0.2) is 5.78 Å². The SMILES string of the molecule is CCCC(=O)c1ccc(NCc2c[nH]nc2-c2cccc(C(F)(F)F)c2)cc1OC. The van der Waals surface area contributed by atoms with E-state index < -0.39 is 11.7 Å². The fraction of sp³-hybridized carbons (Fsp3) is 0.273. The first-order valence-corrected chi connectivity index (χ1v) is 9.49. The molecule has 0 spiro atoms. The number of anilines is 1. The van der Waals surface area contributed by atoms with Gasteiger partial charge in [-0.1, -0.05) is 19.1 Å². The standard InChI is InChI=1S/C22H22F3N3O2/c1-3-5-19(29)18-9-8-17(11-20(18)30-2)26-12-15-13-27-28-21(15)14-6-4-7-16(10-14)22(23,24)25/h4,6-11,13,26H,3,5,12H2,1-2H3,(H,27,28). The minimum Gasteiger partial charge on any atom is -0.496 e. The lowest BCUT2D eigenvalue weighted by molar-refractivity contribution is -0.137. The minimum absolute atomic E-state index is 0.0163. The van der Waals surface area contributed by atoms with Crippen LogP contribution in [-0.2, 0) is 12.7 Å². The Hall–Kier alpha value is -3.29. The highest BCUT2D eigenvalue weighted by molar-refractivity contribution is 5.99. The van der Waals surface area contributed by atoms with E-state index in [1.54, 1.807) is 30.5 Å². The number of H-pyrrole nitrogens is 1. The van der Waals surface area contributed by atoms with Gasteiger partial charge in [0.1, 0.15) is 5.75 Å². The molecule has 0 atom stereocenters. The number of alkyl halides is 3. The predicted molar refractivity (Wildman–Crippen MR) is 109 cm³/mol. The summed E-state index contributed by atoms with van der Waals surface area (Å²) >= 11 is 0. The number of rotatable bonds is 8. The summed E-state index contributed by atoms with van der Waals surface area (Å²) in [6.07, 6.45) is -1.59. The second kappa shape index (κ2) is 9.02. The fourth-order valence-corrected chi connectivity index (χ4v) is 3.13. The zero-order chi connectivity index (χ0) is 21.7. The molecule has 0 bridgehead atoms. The number of hydrogen-bond donors (Lipinski definition) is 2. The van der Waals surface area contributed by atoms with Gasteiger partial charge in [-0.05, 0) is 30.7 Å². The molecule has 0 fully saturated rings. The van der Waals surface area contributed by atoms with E-state index in [4.69, 9.17) is 4.74 Å². The first-order valence-electron chi connectivity index (χ1n) is 9.49. The Morgan fingerprint density at radius 1 is 1.20 bits per heavy atom. The third kappa shape index (κ3) is 4.82. The van der Waals surface area contributed by atoms with E-state index in [1.807, 2.05) is 6.92 Å². The highest BCUT2D eigenvalue weighted by Gasteiger charge is 2.30. The van der Waals surface area contributed by atoms with Crippen LogP contribution in [-0.4, -0.2) is 23.1 Å². The number of carbonyl (C=O) groups is 1. The van der Waals surface area contributed by atoms with Crippen LogP contribution in [0.25, 0.3) is 11.3 Å². The van der Waals surface area contributed by atoms with Gasteiger partial charge in [-0.25, -0.2) is 0 Å². The summed E-state index contributed by atoms with van der Waals surface area (Å²) in [6.45, 7) is 2.26. The largest absolute Gasteiger partial charge is 0.496 e. The number of nitrogens with one attached hydrogen (secondary N) is 2. The number of ether oxygens (including phenoxy) is 1. The smallest absolute Gasteiger partial charge is 0.416 e.